The molecule has 8 nitrogen and oxygen atoms in total. The lowest BCUT2D eigenvalue weighted by Crippen LogP contribution is -2.53. The smallest absolute Gasteiger partial charge is 0.252 e. The van der Waals surface area contributed by atoms with E-state index in [1.54, 1.807) is 28.8 Å². The molecule has 34 heavy (non-hydrogen) atoms. The van der Waals surface area contributed by atoms with E-state index in [-0.39, 0.29) is 18.4 Å². The molecule has 11 heteroatoms. The van der Waals surface area contributed by atoms with Gasteiger partial charge in [-0.25, -0.2) is 13.4 Å². The first-order chi connectivity index (χ1) is 16.5. The number of carbonyl (C=O) groups excluding carboxylic acids is 1. The quantitative estimate of drug-likeness (QED) is 0.495. The Kier molecular flexibility index (Phi) is 6.79. The molecule has 2 aromatic heterocycles. The molecule has 0 bridgehead atoms. The lowest BCUT2D eigenvalue weighted by Gasteiger charge is -2.38. The van der Waals surface area contributed by atoms with Crippen molar-refractivity contribution in [1.29, 1.82) is 0 Å². The standard InChI is InChI=1S/C23H28N4O4S3/c1-2-31-18-7-8-19-20(15-18)33-23(24-19)26-12-10-25(11-13-26)22(28)17-5-3-9-27(16-17)34(29,30)21-6-4-14-32-21/h4,6-8,14-15,17H,2-3,5,9-13,16H2,1H3. The predicted molar refractivity (Wildman–Crippen MR) is 135 cm³/mol. The minimum absolute atomic E-state index is 0.0661. The first-order valence-corrected chi connectivity index (χ1v) is 14.7. The molecule has 4 heterocycles. The van der Waals surface area contributed by atoms with Gasteiger partial charge in [0.15, 0.2) is 5.13 Å². The molecule has 182 valence electrons. The fourth-order valence-corrected chi connectivity index (χ4v) is 8.27. The highest BCUT2D eigenvalue weighted by Crippen LogP contribution is 2.32. The van der Waals surface area contributed by atoms with Crippen molar-refractivity contribution in [2.75, 3.05) is 50.8 Å². The monoisotopic (exact) mass is 520 g/mol. The summed E-state index contributed by atoms with van der Waals surface area (Å²) in [6.45, 7) is 6.00. The molecule has 0 aliphatic carbocycles. The second-order valence-corrected chi connectivity index (χ2v) is 12.6. The molecule has 3 aromatic rings. The van der Waals surface area contributed by atoms with E-state index in [4.69, 9.17) is 9.72 Å². The van der Waals surface area contributed by atoms with Crippen LogP contribution in [0.5, 0.6) is 5.75 Å². The Morgan fingerprint density at radius 3 is 2.74 bits per heavy atom. The number of fused-ring (bicyclic) bond motifs is 1. The molecule has 1 unspecified atom stereocenters. The van der Waals surface area contributed by atoms with Crippen LogP contribution < -0.4 is 9.64 Å². The fourth-order valence-electron chi connectivity index (χ4n) is 4.56. The maximum atomic E-state index is 13.3. The van der Waals surface area contributed by atoms with Gasteiger partial charge in [0.25, 0.3) is 10.0 Å². The van der Waals surface area contributed by atoms with Gasteiger partial charge in [0.2, 0.25) is 5.91 Å². The summed E-state index contributed by atoms with van der Waals surface area (Å²) in [7, 11) is -3.52. The number of rotatable bonds is 6. The van der Waals surface area contributed by atoms with E-state index in [1.807, 2.05) is 30.0 Å². The Labute approximate surface area is 207 Å². The van der Waals surface area contributed by atoms with Crippen LogP contribution in [0.2, 0.25) is 0 Å². The number of carbonyl (C=O) groups is 1. The largest absolute Gasteiger partial charge is 0.494 e. The molecular formula is C23H28N4O4S3. The molecule has 0 radical (unpaired) electrons. The van der Waals surface area contributed by atoms with E-state index in [0.717, 1.165) is 27.5 Å². The normalized spacial score (nSPS) is 20.1. The number of ether oxygens (including phenoxy) is 1. The van der Waals surface area contributed by atoms with Gasteiger partial charge in [0.1, 0.15) is 9.96 Å². The highest BCUT2D eigenvalue weighted by atomic mass is 32.2. The van der Waals surface area contributed by atoms with Gasteiger partial charge in [-0.3, -0.25) is 4.79 Å². The molecule has 2 fully saturated rings. The van der Waals surface area contributed by atoms with Gasteiger partial charge in [-0.2, -0.15) is 4.31 Å². The number of sulfonamides is 1. The van der Waals surface area contributed by atoms with Crippen molar-refractivity contribution < 1.29 is 17.9 Å². The molecule has 5 rings (SSSR count). The molecule has 0 spiro atoms. The number of thiophene rings is 1. The lowest BCUT2D eigenvalue weighted by molar-refractivity contribution is -0.137. The van der Waals surface area contributed by atoms with E-state index in [0.29, 0.717) is 50.0 Å². The van der Waals surface area contributed by atoms with Crippen LogP contribution in [-0.2, 0) is 14.8 Å². The van der Waals surface area contributed by atoms with Gasteiger partial charge in [0.05, 0.1) is 22.7 Å². The molecular weight excluding hydrogens is 492 g/mol. The number of nitrogens with zero attached hydrogens (tertiary/aromatic N) is 4. The zero-order valence-electron chi connectivity index (χ0n) is 19.1. The Morgan fingerprint density at radius 1 is 1.18 bits per heavy atom. The second kappa shape index (κ2) is 9.80. The third-order valence-electron chi connectivity index (χ3n) is 6.34. The third-order valence-corrected chi connectivity index (χ3v) is 10.7. The number of hydrogen-bond acceptors (Lipinski definition) is 8. The molecule has 1 amide bonds. The Bertz CT molecular complexity index is 1250. The SMILES string of the molecule is CCOc1ccc2nc(N3CCN(C(=O)C4CCCN(S(=O)(=O)c5cccs5)C4)CC3)sc2c1. The Morgan fingerprint density at radius 2 is 2.00 bits per heavy atom. The number of piperidine rings is 1. The summed E-state index contributed by atoms with van der Waals surface area (Å²) in [4.78, 5) is 22.1. The molecule has 2 aliphatic heterocycles. The van der Waals surface area contributed by atoms with Crippen molar-refractivity contribution in [3.8, 4) is 5.75 Å². The van der Waals surface area contributed by atoms with Crippen LogP contribution >= 0.6 is 22.7 Å². The van der Waals surface area contributed by atoms with E-state index in [1.165, 1.54) is 15.6 Å². The molecule has 1 atom stereocenters. The minimum atomic E-state index is -3.52. The van der Waals surface area contributed by atoms with Crippen molar-refractivity contribution in [3.63, 3.8) is 0 Å². The number of benzene rings is 1. The van der Waals surface area contributed by atoms with Crippen molar-refractivity contribution in [1.82, 2.24) is 14.2 Å². The Balaban J connectivity index is 1.21. The molecule has 0 saturated carbocycles. The summed E-state index contributed by atoms with van der Waals surface area (Å²) in [6.07, 6.45) is 1.44. The minimum Gasteiger partial charge on any atom is -0.494 e. The topological polar surface area (TPSA) is 83.1 Å². The first kappa shape index (κ1) is 23.5. The van der Waals surface area contributed by atoms with E-state index < -0.39 is 10.0 Å². The first-order valence-electron chi connectivity index (χ1n) is 11.6. The number of thiazole rings is 1. The Hall–Kier alpha value is -2.21. The van der Waals surface area contributed by atoms with Crippen LogP contribution in [0.3, 0.4) is 0 Å². The van der Waals surface area contributed by atoms with Crippen LogP contribution in [0.4, 0.5) is 5.13 Å². The van der Waals surface area contributed by atoms with Crippen molar-refractivity contribution >= 4 is 54.0 Å². The van der Waals surface area contributed by atoms with Crippen LogP contribution in [0.15, 0.2) is 39.9 Å². The van der Waals surface area contributed by atoms with Gasteiger partial charge in [-0.1, -0.05) is 17.4 Å². The average Bonchev–Trinajstić information content (AvgIpc) is 3.55. The third kappa shape index (κ3) is 4.66. The summed E-state index contributed by atoms with van der Waals surface area (Å²) in [5.74, 6) is 0.633. The van der Waals surface area contributed by atoms with Crippen LogP contribution in [-0.4, -0.2) is 74.4 Å². The fraction of sp³-hybridized carbons (Fsp3) is 0.478. The summed E-state index contributed by atoms with van der Waals surface area (Å²) in [6, 6.07) is 9.33. The van der Waals surface area contributed by atoms with Crippen LogP contribution in [0, 0.1) is 5.92 Å². The summed E-state index contributed by atoms with van der Waals surface area (Å²) >= 11 is 2.86. The molecule has 0 N–H and O–H groups in total. The van der Waals surface area contributed by atoms with E-state index in [9.17, 15) is 13.2 Å². The highest BCUT2D eigenvalue weighted by Gasteiger charge is 2.36. The molecule has 2 aliphatic rings. The number of hydrogen-bond donors (Lipinski definition) is 0. The number of piperazine rings is 1. The summed E-state index contributed by atoms with van der Waals surface area (Å²) in [5, 5.41) is 2.73. The predicted octanol–water partition coefficient (Wildman–Crippen LogP) is 3.51. The number of aromatic nitrogens is 1. The van der Waals surface area contributed by atoms with Crippen LogP contribution in [0.25, 0.3) is 10.2 Å². The molecule has 1 aromatic carbocycles. The average molecular weight is 521 g/mol. The van der Waals surface area contributed by atoms with Crippen molar-refractivity contribution in [3.05, 3.63) is 35.7 Å². The van der Waals surface area contributed by atoms with Gasteiger partial charge >= 0.3 is 0 Å². The van der Waals surface area contributed by atoms with Gasteiger partial charge in [-0.15, -0.1) is 11.3 Å². The zero-order valence-corrected chi connectivity index (χ0v) is 21.5. The van der Waals surface area contributed by atoms with E-state index in [2.05, 4.69) is 4.90 Å². The highest BCUT2D eigenvalue weighted by molar-refractivity contribution is 7.91. The van der Waals surface area contributed by atoms with Gasteiger partial charge in [0, 0.05) is 39.3 Å². The zero-order chi connectivity index (χ0) is 23.7. The second-order valence-electron chi connectivity index (χ2n) is 8.51. The van der Waals surface area contributed by atoms with Crippen molar-refractivity contribution in [2.45, 2.75) is 24.0 Å². The summed E-state index contributed by atoms with van der Waals surface area (Å²) < 4.78 is 34.3. The maximum Gasteiger partial charge on any atom is 0.252 e. The van der Waals surface area contributed by atoms with Gasteiger partial charge in [-0.05, 0) is 49.4 Å². The lowest BCUT2D eigenvalue weighted by atomic mass is 9.98. The molecule has 2 saturated heterocycles. The van der Waals surface area contributed by atoms with E-state index >= 15 is 0 Å². The van der Waals surface area contributed by atoms with Crippen LogP contribution in [0.1, 0.15) is 19.8 Å². The maximum absolute atomic E-state index is 13.3. The van der Waals surface area contributed by atoms with Crippen molar-refractivity contribution in [2.24, 2.45) is 5.92 Å². The number of anilines is 1. The van der Waals surface area contributed by atoms with Gasteiger partial charge < -0.3 is 14.5 Å². The summed E-state index contributed by atoms with van der Waals surface area (Å²) in [5.41, 5.74) is 0.955. The number of amides is 1.